The van der Waals surface area contributed by atoms with Crippen LogP contribution >= 0.6 is 11.6 Å². The normalized spacial score (nSPS) is 10.7. The number of benzene rings is 1. The van der Waals surface area contributed by atoms with Gasteiger partial charge in [-0.2, -0.15) is 5.10 Å². The largest absolute Gasteiger partial charge is 0.352 e. The lowest BCUT2D eigenvalue weighted by Gasteiger charge is -2.08. The first-order valence-electron chi connectivity index (χ1n) is 7.68. The first-order valence-corrected chi connectivity index (χ1v) is 8.06. The van der Waals surface area contributed by atoms with E-state index < -0.39 is 0 Å². The zero-order valence-corrected chi connectivity index (χ0v) is 14.5. The molecular weight excluding hydrogens is 342 g/mol. The average molecular weight is 358 g/mol. The minimum atomic E-state index is -0.354. The van der Waals surface area contributed by atoms with Gasteiger partial charge in [-0.05, 0) is 37.6 Å². The van der Waals surface area contributed by atoms with E-state index in [-0.39, 0.29) is 16.8 Å². The van der Waals surface area contributed by atoms with Gasteiger partial charge in [-0.1, -0.05) is 11.6 Å². The second-order valence-corrected chi connectivity index (χ2v) is 5.87. The highest BCUT2D eigenvalue weighted by Crippen LogP contribution is 2.22. The topological polar surface area (TPSA) is 88.4 Å². The number of anilines is 1. The number of nitrogens with one attached hydrogen (secondary N) is 2. The maximum absolute atomic E-state index is 12.5. The smallest absolute Gasteiger partial charge is 0.261 e. The van der Waals surface area contributed by atoms with Crippen molar-refractivity contribution in [2.45, 2.75) is 13.8 Å². The Morgan fingerprint density at radius 3 is 2.72 bits per heavy atom. The van der Waals surface area contributed by atoms with Crippen LogP contribution in [-0.4, -0.2) is 33.0 Å². The van der Waals surface area contributed by atoms with E-state index in [9.17, 15) is 9.59 Å². The molecule has 0 atom stereocenters. The van der Waals surface area contributed by atoms with Crippen LogP contribution in [-0.2, 0) is 0 Å². The lowest BCUT2D eigenvalue weighted by atomic mass is 10.2. The van der Waals surface area contributed by atoms with Gasteiger partial charge in [0.25, 0.3) is 11.8 Å². The number of nitrogens with zero attached hydrogens (tertiary/aromatic N) is 3. The number of halogens is 1. The lowest BCUT2D eigenvalue weighted by Crippen LogP contribution is -2.23. The van der Waals surface area contributed by atoms with Crippen molar-refractivity contribution in [3.05, 3.63) is 58.5 Å². The molecule has 2 aromatic heterocycles. The standard InChI is InChI=1S/C17H16ClN5O2/c1-3-19-16(24)12-5-4-11(6-14(12)18)22-17(25)13-8-21-23-9-10(2)7-20-15(13)23/h4-9H,3H2,1-2H3,(H,19,24)(H,22,25). The Kier molecular flexibility index (Phi) is 4.67. The van der Waals surface area contributed by atoms with E-state index in [1.807, 2.05) is 13.8 Å². The molecule has 2 N–H and O–H groups in total. The van der Waals surface area contributed by atoms with Crippen molar-refractivity contribution in [3.8, 4) is 0 Å². The predicted molar refractivity (Wildman–Crippen MR) is 95.1 cm³/mol. The first kappa shape index (κ1) is 16.9. The first-order chi connectivity index (χ1) is 12.0. The van der Waals surface area contributed by atoms with Crippen LogP contribution in [0.25, 0.3) is 5.65 Å². The molecule has 0 aliphatic heterocycles. The molecule has 0 spiro atoms. The third-order valence-corrected chi connectivity index (χ3v) is 3.85. The van der Waals surface area contributed by atoms with Gasteiger partial charge < -0.3 is 10.6 Å². The van der Waals surface area contributed by atoms with Crippen LogP contribution in [0, 0.1) is 6.92 Å². The van der Waals surface area contributed by atoms with Gasteiger partial charge >= 0.3 is 0 Å². The molecule has 8 heteroatoms. The molecule has 0 bridgehead atoms. The molecule has 3 rings (SSSR count). The molecule has 3 aromatic rings. The van der Waals surface area contributed by atoms with Crippen LogP contribution in [0.1, 0.15) is 33.2 Å². The predicted octanol–water partition coefficient (Wildman–Crippen LogP) is 2.69. The summed E-state index contributed by atoms with van der Waals surface area (Å²) in [5.41, 5.74) is 2.59. The molecule has 25 heavy (non-hydrogen) atoms. The second-order valence-electron chi connectivity index (χ2n) is 5.47. The number of amides is 2. The van der Waals surface area contributed by atoms with Crippen molar-refractivity contribution >= 4 is 34.7 Å². The van der Waals surface area contributed by atoms with Gasteiger partial charge in [-0.25, -0.2) is 9.50 Å². The summed E-state index contributed by atoms with van der Waals surface area (Å²) in [5, 5.41) is 9.81. The fourth-order valence-electron chi connectivity index (χ4n) is 2.36. The molecular formula is C17H16ClN5O2. The summed E-state index contributed by atoms with van der Waals surface area (Å²) in [6.07, 6.45) is 4.92. The summed E-state index contributed by atoms with van der Waals surface area (Å²) in [4.78, 5) is 28.6. The number of fused-ring (bicyclic) bond motifs is 1. The van der Waals surface area contributed by atoms with Crippen LogP contribution in [0.15, 0.2) is 36.8 Å². The summed E-state index contributed by atoms with van der Waals surface area (Å²) in [5.74, 6) is -0.610. The third-order valence-electron chi connectivity index (χ3n) is 3.54. The molecule has 128 valence electrons. The molecule has 0 radical (unpaired) electrons. The maximum Gasteiger partial charge on any atom is 0.261 e. The molecule has 0 saturated heterocycles. The molecule has 0 unspecified atom stereocenters. The van der Waals surface area contributed by atoms with Gasteiger partial charge in [0.15, 0.2) is 5.65 Å². The van der Waals surface area contributed by atoms with Gasteiger partial charge in [0.1, 0.15) is 5.56 Å². The van der Waals surface area contributed by atoms with Gasteiger partial charge in [0, 0.05) is 24.6 Å². The molecule has 0 fully saturated rings. The second kappa shape index (κ2) is 6.90. The zero-order valence-electron chi connectivity index (χ0n) is 13.7. The SMILES string of the molecule is CCNC(=O)c1ccc(NC(=O)c2cnn3cc(C)cnc23)cc1Cl. The van der Waals surface area contributed by atoms with Crippen LogP contribution in [0.2, 0.25) is 5.02 Å². The maximum atomic E-state index is 12.5. The van der Waals surface area contributed by atoms with E-state index in [1.165, 1.54) is 12.3 Å². The number of carbonyl (C=O) groups excluding carboxylic acids is 2. The number of hydrogen-bond acceptors (Lipinski definition) is 4. The quantitative estimate of drug-likeness (QED) is 0.751. The Balaban J connectivity index is 1.83. The monoisotopic (exact) mass is 357 g/mol. The van der Waals surface area contributed by atoms with Crippen LogP contribution in [0.5, 0.6) is 0 Å². The van der Waals surface area contributed by atoms with Crippen molar-refractivity contribution in [3.63, 3.8) is 0 Å². The minimum absolute atomic E-state index is 0.257. The molecule has 2 heterocycles. The van der Waals surface area contributed by atoms with Crippen molar-refractivity contribution in [2.24, 2.45) is 0 Å². The highest BCUT2D eigenvalue weighted by molar-refractivity contribution is 6.34. The summed E-state index contributed by atoms with van der Waals surface area (Å²) in [6.45, 7) is 4.23. The van der Waals surface area contributed by atoms with Crippen LogP contribution < -0.4 is 10.6 Å². The average Bonchev–Trinajstić information content (AvgIpc) is 2.98. The fourth-order valence-corrected chi connectivity index (χ4v) is 2.63. The molecule has 7 nitrogen and oxygen atoms in total. The van der Waals surface area contributed by atoms with Gasteiger partial charge in [-0.3, -0.25) is 9.59 Å². The summed E-state index contributed by atoms with van der Waals surface area (Å²) in [7, 11) is 0. The Labute approximate surface area is 149 Å². The lowest BCUT2D eigenvalue weighted by molar-refractivity contribution is 0.0955. The molecule has 1 aromatic carbocycles. The minimum Gasteiger partial charge on any atom is -0.352 e. The van der Waals surface area contributed by atoms with E-state index in [2.05, 4.69) is 20.7 Å². The highest BCUT2D eigenvalue weighted by Gasteiger charge is 2.16. The number of carbonyl (C=O) groups is 2. The van der Waals surface area contributed by atoms with E-state index in [0.717, 1.165) is 5.56 Å². The summed E-state index contributed by atoms with van der Waals surface area (Å²) < 4.78 is 1.55. The summed E-state index contributed by atoms with van der Waals surface area (Å²) in [6, 6.07) is 4.73. The number of aromatic nitrogens is 3. The van der Waals surface area contributed by atoms with Gasteiger partial charge in [0.2, 0.25) is 0 Å². The van der Waals surface area contributed by atoms with Crippen LogP contribution in [0.4, 0.5) is 5.69 Å². The van der Waals surface area contributed by atoms with Gasteiger partial charge in [0.05, 0.1) is 16.8 Å². The number of rotatable bonds is 4. The molecule has 0 aliphatic carbocycles. The summed E-state index contributed by atoms with van der Waals surface area (Å²) >= 11 is 6.14. The van der Waals surface area contributed by atoms with Gasteiger partial charge in [-0.15, -0.1) is 0 Å². The van der Waals surface area contributed by atoms with E-state index in [0.29, 0.717) is 29.0 Å². The van der Waals surface area contributed by atoms with Crippen molar-refractivity contribution < 1.29 is 9.59 Å². The highest BCUT2D eigenvalue weighted by atomic mass is 35.5. The number of hydrogen-bond donors (Lipinski definition) is 2. The van der Waals surface area contributed by atoms with E-state index in [4.69, 9.17) is 11.6 Å². The Hall–Kier alpha value is -2.93. The van der Waals surface area contributed by atoms with Crippen LogP contribution in [0.3, 0.4) is 0 Å². The number of aryl methyl sites for hydroxylation is 1. The third kappa shape index (κ3) is 3.46. The molecule has 2 amide bonds. The van der Waals surface area contributed by atoms with Crippen molar-refractivity contribution in [1.29, 1.82) is 0 Å². The Bertz CT molecular complexity index is 967. The Morgan fingerprint density at radius 1 is 1.20 bits per heavy atom. The van der Waals surface area contributed by atoms with Crippen molar-refractivity contribution in [1.82, 2.24) is 19.9 Å². The zero-order chi connectivity index (χ0) is 18.0. The fraction of sp³-hybridized carbons (Fsp3) is 0.176. The van der Waals surface area contributed by atoms with E-state index in [1.54, 1.807) is 29.0 Å². The van der Waals surface area contributed by atoms with E-state index >= 15 is 0 Å². The Morgan fingerprint density at radius 2 is 2.00 bits per heavy atom. The molecule has 0 saturated carbocycles. The van der Waals surface area contributed by atoms with Crippen molar-refractivity contribution in [2.75, 3.05) is 11.9 Å². The molecule has 0 aliphatic rings.